The second-order valence-corrected chi connectivity index (χ2v) is 7.82. The van der Waals surface area contributed by atoms with E-state index in [0.29, 0.717) is 5.92 Å². The van der Waals surface area contributed by atoms with E-state index in [2.05, 4.69) is 26.8 Å². The van der Waals surface area contributed by atoms with Gasteiger partial charge in [-0.3, -0.25) is 4.79 Å². The van der Waals surface area contributed by atoms with Gasteiger partial charge in [-0.2, -0.15) is 0 Å². The summed E-state index contributed by atoms with van der Waals surface area (Å²) in [5, 5.41) is 19.9. The Balaban J connectivity index is 2.36. The number of ether oxygens (including phenoxy) is 1. The summed E-state index contributed by atoms with van der Waals surface area (Å²) in [6.45, 7) is 7.92. The van der Waals surface area contributed by atoms with Crippen LogP contribution in [0.4, 0.5) is 0 Å². The number of phenols is 1. The van der Waals surface area contributed by atoms with Gasteiger partial charge in [0, 0.05) is 18.4 Å². The molecule has 0 bridgehead atoms. The quantitative estimate of drug-likeness (QED) is 0.518. The number of aromatic hydroxyl groups is 1. The van der Waals surface area contributed by atoms with E-state index in [9.17, 15) is 19.8 Å². The highest BCUT2D eigenvalue weighted by molar-refractivity contribution is 5.88. The molecule has 0 radical (unpaired) electrons. The lowest BCUT2D eigenvalue weighted by Crippen LogP contribution is -2.23. The number of hydrogen-bond acceptors (Lipinski definition) is 4. The highest BCUT2D eigenvalue weighted by Gasteiger charge is 2.33. The van der Waals surface area contributed by atoms with Crippen molar-refractivity contribution in [3.05, 3.63) is 40.5 Å². The summed E-state index contributed by atoms with van der Waals surface area (Å²) in [5.41, 5.74) is 3.02. The van der Waals surface area contributed by atoms with E-state index in [1.807, 2.05) is 0 Å². The van der Waals surface area contributed by atoms with E-state index in [4.69, 9.17) is 4.74 Å². The second kappa shape index (κ2) is 9.07. The van der Waals surface area contributed by atoms with Crippen molar-refractivity contribution >= 4 is 11.9 Å². The van der Waals surface area contributed by atoms with Gasteiger partial charge in [-0.1, -0.05) is 18.6 Å². The highest BCUT2D eigenvalue weighted by Crippen LogP contribution is 2.47. The summed E-state index contributed by atoms with van der Waals surface area (Å²) in [6.07, 6.45) is 5.89. The van der Waals surface area contributed by atoms with Crippen molar-refractivity contribution in [1.82, 2.24) is 0 Å². The van der Waals surface area contributed by atoms with Crippen LogP contribution in [0, 0.1) is 5.92 Å². The molecule has 0 fully saturated rings. The first-order valence-electron chi connectivity index (χ1n) is 9.57. The van der Waals surface area contributed by atoms with Gasteiger partial charge in [0.1, 0.15) is 5.75 Å². The summed E-state index contributed by atoms with van der Waals surface area (Å²) in [5.74, 6) is -0.973. The minimum atomic E-state index is -1.05. The second-order valence-electron chi connectivity index (χ2n) is 7.82. The maximum atomic E-state index is 11.5. The summed E-state index contributed by atoms with van der Waals surface area (Å²) in [6, 6.07) is 3.00. The van der Waals surface area contributed by atoms with Gasteiger partial charge >= 0.3 is 11.9 Å². The zero-order valence-electron chi connectivity index (χ0n) is 16.6. The van der Waals surface area contributed by atoms with Crippen LogP contribution in [0.15, 0.2) is 23.8 Å². The molecule has 1 aromatic carbocycles. The Morgan fingerprint density at radius 2 is 1.96 bits per heavy atom. The number of fused-ring (bicyclic) bond motifs is 1. The maximum absolute atomic E-state index is 11.5. The molecule has 1 aliphatic carbocycles. The van der Waals surface area contributed by atoms with Crippen LogP contribution in [-0.2, 0) is 9.53 Å². The topological polar surface area (TPSA) is 83.8 Å². The number of rotatable bonds is 7. The summed E-state index contributed by atoms with van der Waals surface area (Å²) >= 11 is 0. The molecular weight excluding hydrogens is 344 g/mol. The Labute approximate surface area is 161 Å². The van der Waals surface area contributed by atoms with Crippen LogP contribution in [0.25, 0.3) is 0 Å². The molecule has 0 heterocycles. The van der Waals surface area contributed by atoms with Crippen molar-refractivity contribution < 1.29 is 24.5 Å². The van der Waals surface area contributed by atoms with E-state index < -0.39 is 5.97 Å². The molecule has 27 heavy (non-hydrogen) atoms. The van der Waals surface area contributed by atoms with Crippen LogP contribution in [0.3, 0.4) is 0 Å². The molecule has 0 saturated heterocycles. The van der Waals surface area contributed by atoms with Crippen LogP contribution in [0.1, 0.15) is 86.7 Å². The standard InChI is InChI=1S/C22H30O5/c1-13(2)6-5-7-14(3)18-9-8-16(12-27-15(4)23)21-19(18)10-17(22(25)26)11-20(21)24/h6,10-11,14,16,18,24H,5,7-9,12H2,1-4H3,(H,25,26)/t14-,16-,18-/m0/s1. The number of carboxylic acid groups (broad SMARTS) is 1. The van der Waals surface area contributed by atoms with Crippen molar-refractivity contribution in [3.8, 4) is 5.75 Å². The monoisotopic (exact) mass is 374 g/mol. The van der Waals surface area contributed by atoms with E-state index in [0.717, 1.165) is 36.8 Å². The Bertz CT molecular complexity index is 730. The van der Waals surface area contributed by atoms with Crippen molar-refractivity contribution in [1.29, 1.82) is 0 Å². The van der Waals surface area contributed by atoms with E-state index in [-0.39, 0.29) is 35.7 Å². The number of benzene rings is 1. The average Bonchev–Trinajstić information content (AvgIpc) is 2.58. The van der Waals surface area contributed by atoms with Gasteiger partial charge in [0.15, 0.2) is 0 Å². The summed E-state index contributed by atoms with van der Waals surface area (Å²) < 4.78 is 5.18. The molecule has 2 N–H and O–H groups in total. The predicted octanol–water partition coefficient (Wildman–Crippen LogP) is 5.00. The number of esters is 1. The molecule has 0 saturated carbocycles. The minimum absolute atomic E-state index is 0.0109. The molecule has 148 valence electrons. The van der Waals surface area contributed by atoms with Gasteiger partial charge in [-0.05, 0) is 69.1 Å². The number of hydrogen-bond donors (Lipinski definition) is 2. The molecule has 5 nitrogen and oxygen atoms in total. The summed E-state index contributed by atoms with van der Waals surface area (Å²) in [4.78, 5) is 22.7. The Hall–Kier alpha value is -2.30. The number of carbonyl (C=O) groups is 2. The third kappa shape index (κ3) is 5.34. The Kier molecular flexibility index (Phi) is 7.05. The van der Waals surface area contributed by atoms with E-state index in [1.54, 1.807) is 6.07 Å². The van der Waals surface area contributed by atoms with Gasteiger partial charge in [0.05, 0.1) is 12.2 Å². The molecule has 0 aliphatic heterocycles. The fraction of sp³-hybridized carbons (Fsp3) is 0.545. The molecule has 1 aliphatic rings. The largest absolute Gasteiger partial charge is 0.508 e. The molecule has 0 aromatic heterocycles. The van der Waals surface area contributed by atoms with Crippen molar-refractivity contribution in [2.24, 2.45) is 5.92 Å². The van der Waals surface area contributed by atoms with Crippen LogP contribution >= 0.6 is 0 Å². The van der Waals surface area contributed by atoms with Crippen LogP contribution < -0.4 is 0 Å². The first kappa shape index (κ1) is 21.0. The van der Waals surface area contributed by atoms with Gasteiger partial charge < -0.3 is 14.9 Å². The van der Waals surface area contributed by atoms with Crippen LogP contribution in [0.2, 0.25) is 0 Å². The fourth-order valence-electron chi connectivity index (χ4n) is 4.03. The minimum Gasteiger partial charge on any atom is -0.508 e. The number of aromatic carboxylic acids is 1. The Morgan fingerprint density at radius 1 is 1.26 bits per heavy atom. The van der Waals surface area contributed by atoms with Gasteiger partial charge in [-0.25, -0.2) is 4.79 Å². The smallest absolute Gasteiger partial charge is 0.335 e. The first-order valence-corrected chi connectivity index (χ1v) is 9.57. The van der Waals surface area contributed by atoms with Crippen LogP contribution in [0.5, 0.6) is 5.75 Å². The first-order chi connectivity index (χ1) is 12.7. The summed E-state index contributed by atoms with van der Waals surface area (Å²) in [7, 11) is 0. The molecule has 2 rings (SSSR count). The van der Waals surface area contributed by atoms with E-state index >= 15 is 0 Å². The lowest BCUT2D eigenvalue weighted by molar-refractivity contribution is -0.141. The highest BCUT2D eigenvalue weighted by atomic mass is 16.5. The van der Waals surface area contributed by atoms with Crippen molar-refractivity contribution in [3.63, 3.8) is 0 Å². The lowest BCUT2D eigenvalue weighted by Gasteiger charge is -2.35. The maximum Gasteiger partial charge on any atom is 0.335 e. The number of carbonyl (C=O) groups excluding carboxylic acids is 1. The SMILES string of the molecule is CC(=O)OC[C@@H]1CC[C@@H]([C@@H](C)CCC=C(C)C)c2cc(C(=O)O)cc(O)c21. The molecular formula is C22H30O5. The van der Waals surface area contributed by atoms with Crippen molar-refractivity contribution in [2.45, 2.75) is 65.2 Å². The van der Waals surface area contributed by atoms with Crippen LogP contribution in [-0.4, -0.2) is 28.8 Å². The molecule has 1 aromatic rings. The third-order valence-electron chi connectivity index (χ3n) is 5.42. The molecule has 5 heteroatoms. The van der Waals surface area contributed by atoms with Gasteiger partial charge in [-0.15, -0.1) is 0 Å². The molecule has 0 unspecified atom stereocenters. The molecule has 3 atom stereocenters. The number of phenolic OH excluding ortho intramolecular Hbond substituents is 1. The van der Waals surface area contributed by atoms with Gasteiger partial charge in [0.2, 0.25) is 0 Å². The lowest BCUT2D eigenvalue weighted by atomic mass is 9.70. The predicted molar refractivity (Wildman–Crippen MR) is 104 cm³/mol. The number of carboxylic acids is 1. The normalized spacial score (nSPS) is 19.7. The van der Waals surface area contributed by atoms with E-state index in [1.165, 1.54) is 18.6 Å². The molecule has 0 spiro atoms. The fourth-order valence-corrected chi connectivity index (χ4v) is 4.03. The third-order valence-corrected chi connectivity index (χ3v) is 5.42. The molecule has 0 amide bonds. The zero-order chi connectivity index (χ0) is 20.1. The zero-order valence-corrected chi connectivity index (χ0v) is 16.6. The number of allylic oxidation sites excluding steroid dienone is 2. The van der Waals surface area contributed by atoms with Crippen molar-refractivity contribution in [2.75, 3.05) is 6.61 Å². The van der Waals surface area contributed by atoms with Gasteiger partial charge in [0.25, 0.3) is 0 Å². The Morgan fingerprint density at radius 3 is 2.56 bits per heavy atom. The average molecular weight is 374 g/mol.